The molecular weight excluding hydrogens is 210 g/mol. The Morgan fingerprint density at radius 2 is 1.69 bits per heavy atom. The minimum absolute atomic E-state index is 0.0922. The molecule has 0 aromatic rings. The molecule has 0 saturated carbocycles. The fraction of sp³-hybridized carbons (Fsp3) is 1.00. The van der Waals surface area contributed by atoms with Crippen LogP contribution in [0.4, 0.5) is 0 Å². The lowest BCUT2D eigenvalue weighted by molar-refractivity contribution is -0.231. The van der Waals surface area contributed by atoms with Crippen LogP contribution in [0.5, 0.6) is 0 Å². The maximum Gasteiger partial charge on any atom is 0.139 e. The topological polar surface area (TPSA) is 73.2 Å². The Kier molecular flexibility index (Phi) is 3.81. The van der Waals surface area contributed by atoms with E-state index in [1.165, 1.54) is 0 Å². The molecule has 2 rings (SSSR count). The van der Waals surface area contributed by atoms with Gasteiger partial charge in [-0.3, -0.25) is 4.90 Å². The molecule has 0 amide bonds. The second-order valence-corrected chi connectivity index (χ2v) is 4.99. The van der Waals surface area contributed by atoms with E-state index in [2.05, 4.69) is 11.8 Å². The van der Waals surface area contributed by atoms with E-state index in [-0.39, 0.29) is 6.61 Å². The third kappa shape index (κ3) is 2.38. The van der Waals surface area contributed by atoms with E-state index in [4.69, 9.17) is 4.74 Å². The second-order valence-electron chi connectivity index (χ2n) is 4.99. The van der Waals surface area contributed by atoms with Crippen molar-refractivity contribution in [2.24, 2.45) is 5.92 Å². The van der Waals surface area contributed by atoms with E-state index in [0.29, 0.717) is 5.92 Å². The fourth-order valence-electron chi connectivity index (χ4n) is 2.40. The predicted molar refractivity (Wildman–Crippen MR) is 57.7 cm³/mol. The quantitative estimate of drug-likeness (QED) is 0.548. The van der Waals surface area contributed by atoms with Gasteiger partial charge < -0.3 is 20.1 Å². The van der Waals surface area contributed by atoms with Crippen LogP contribution >= 0.6 is 0 Å². The van der Waals surface area contributed by atoms with Crippen molar-refractivity contribution in [3.05, 3.63) is 0 Å². The van der Waals surface area contributed by atoms with Gasteiger partial charge in [0.25, 0.3) is 0 Å². The van der Waals surface area contributed by atoms with Gasteiger partial charge in [0.05, 0.1) is 6.61 Å². The van der Waals surface area contributed by atoms with E-state index < -0.39 is 24.5 Å². The first-order valence-electron chi connectivity index (χ1n) is 5.99. The van der Waals surface area contributed by atoms with Gasteiger partial charge in [-0.25, -0.2) is 0 Å². The highest BCUT2D eigenvalue weighted by Crippen LogP contribution is 2.24. The summed E-state index contributed by atoms with van der Waals surface area (Å²) in [7, 11) is 0. The molecule has 0 bridgehead atoms. The van der Waals surface area contributed by atoms with Crippen molar-refractivity contribution >= 4 is 0 Å². The lowest BCUT2D eigenvalue weighted by Crippen LogP contribution is -2.60. The molecule has 4 unspecified atom stereocenters. The van der Waals surface area contributed by atoms with Crippen LogP contribution in [-0.2, 0) is 4.74 Å². The number of aliphatic hydroxyl groups is 3. The molecule has 0 spiro atoms. The number of likely N-dealkylation sites (tertiary alicyclic amines) is 1. The first kappa shape index (κ1) is 12.3. The van der Waals surface area contributed by atoms with Gasteiger partial charge in [0.2, 0.25) is 0 Å². The summed E-state index contributed by atoms with van der Waals surface area (Å²) in [4.78, 5) is 2.06. The Morgan fingerprint density at radius 1 is 1.06 bits per heavy atom. The Morgan fingerprint density at radius 3 is 2.31 bits per heavy atom. The van der Waals surface area contributed by atoms with Crippen molar-refractivity contribution in [3.8, 4) is 0 Å². The van der Waals surface area contributed by atoms with Crippen LogP contribution in [0.1, 0.15) is 19.8 Å². The Hall–Kier alpha value is -0.200. The van der Waals surface area contributed by atoms with Crippen molar-refractivity contribution in [3.63, 3.8) is 0 Å². The molecule has 2 saturated heterocycles. The van der Waals surface area contributed by atoms with Crippen LogP contribution in [-0.4, -0.2) is 64.5 Å². The summed E-state index contributed by atoms with van der Waals surface area (Å²) in [6, 6.07) is 0. The fourth-order valence-corrected chi connectivity index (χ4v) is 2.40. The summed E-state index contributed by atoms with van der Waals surface area (Å²) in [5, 5.41) is 28.8. The van der Waals surface area contributed by atoms with Gasteiger partial charge in [-0.15, -0.1) is 0 Å². The molecule has 0 aliphatic carbocycles. The van der Waals surface area contributed by atoms with Gasteiger partial charge in [0.1, 0.15) is 24.5 Å². The molecule has 0 radical (unpaired) electrons. The number of piperidine rings is 1. The lowest BCUT2D eigenvalue weighted by atomic mass is 9.96. The monoisotopic (exact) mass is 231 g/mol. The van der Waals surface area contributed by atoms with Gasteiger partial charge >= 0.3 is 0 Å². The minimum atomic E-state index is -1.10. The molecule has 2 aliphatic heterocycles. The van der Waals surface area contributed by atoms with Crippen LogP contribution in [0.2, 0.25) is 0 Å². The van der Waals surface area contributed by atoms with Crippen molar-refractivity contribution in [2.75, 3.05) is 19.7 Å². The standard InChI is InChI=1S/C11H21NO4/c1-7-2-4-12(5-3-7)11-10(15)9(14)8(13)6-16-11/h7-11,13-15H,2-6H2,1H3. The van der Waals surface area contributed by atoms with E-state index in [0.717, 1.165) is 25.9 Å². The van der Waals surface area contributed by atoms with Crippen molar-refractivity contribution in [2.45, 2.75) is 44.3 Å². The number of nitrogens with zero attached hydrogens (tertiary/aromatic N) is 1. The number of ether oxygens (including phenoxy) is 1. The van der Waals surface area contributed by atoms with Gasteiger partial charge in [0, 0.05) is 13.1 Å². The van der Waals surface area contributed by atoms with Gasteiger partial charge in [0.15, 0.2) is 0 Å². The van der Waals surface area contributed by atoms with E-state index in [1.807, 2.05) is 0 Å². The largest absolute Gasteiger partial charge is 0.388 e. The zero-order valence-electron chi connectivity index (χ0n) is 9.62. The number of rotatable bonds is 1. The predicted octanol–water partition coefficient (Wildman–Crippen LogP) is -0.843. The van der Waals surface area contributed by atoms with Crippen molar-refractivity contribution in [1.82, 2.24) is 4.90 Å². The molecule has 5 nitrogen and oxygen atoms in total. The molecule has 2 heterocycles. The molecule has 2 fully saturated rings. The number of hydrogen-bond donors (Lipinski definition) is 3. The van der Waals surface area contributed by atoms with Crippen LogP contribution in [0, 0.1) is 5.92 Å². The van der Waals surface area contributed by atoms with E-state index in [9.17, 15) is 15.3 Å². The maximum atomic E-state index is 9.85. The maximum absolute atomic E-state index is 9.85. The smallest absolute Gasteiger partial charge is 0.139 e. The zero-order chi connectivity index (χ0) is 11.7. The molecule has 16 heavy (non-hydrogen) atoms. The molecule has 0 aromatic heterocycles. The molecule has 4 atom stereocenters. The lowest BCUT2D eigenvalue weighted by Gasteiger charge is -2.43. The van der Waals surface area contributed by atoms with Crippen LogP contribution < -0.4 is 0 Å². The summed E-state index contributed by atoms with van der Waals surface area (Å²) in [5.74, 6) is 0.715. The number of hydrogen-bond acceptors (Lipinski definition) is 5. The molecule has 5 heteroatoms. The van der Waals surface area contributed by atoms with Crippen LogP contribution in [0.15, 0.2) is 0 Å². The molecule has 94 valence electrons. The van der Waals surface area contributed by atoms with Crippen molar-refractivity contribution in [1.29, 1.82) is 0 Å². The second kappa shape index (κ2) is 4.98. The summed E-state index contributed by atoms with van der Waals surface area (Å²) in [6.45, 7) is 4.07. The zero-order valence-corrected chi connectivity index (χ0v) is 9.62. The van der Waals surface area contributed by atoms with Gasteiger partial charge in [-0.2, -0.15) is 0 Å². The summed E-state index contributed by atoms with van der Waals surface area (Å²) < 4.78 is 5.41. The average molecular weight is 231 g/mol. The molecular formula is C11H21NO4. The number of aliphatic hydroxyl groups excluding tert-OH is 3. The van der Waals surface area contributed by atoms with Crippen molar-refractivity contribution < 1.29 is 20.1 Å². The average Bonchev–Trinajstić information content (AvgIpc) is 2.28. The Labute approximate surface area is 95.6 Å². The van der Waals surface area contributed by atoms with Gasteiger partial charge in [-0.1, -0.05) is 6.92 Å². The molecule has 2 aliphatic rings. The normalized spacial score (nSPS) is 43.5. The summed E-state index contributed by atoms with van der Waals surface area (Å²) in [6.07, 6.45) is -1.38. The first-order valence-corrected chi connectivity index (χ1v) is 5.99. The summed E-state index contributed by atoms with van der Waals surface area (Å²) in [5.41, 5.74) is 0. The highest BCUT2D eigenvalue weighted by atomic mass is 16.5. The SMILES string of the molecule is CC1CCN(C2OCC(O)C(O)C2O)CC1. The third-order valence-corrected chi connectivity index (χ3v) is 3.65. The van der Waals surface area contributed by atoms with E-state index >= 15 is 0 Å². The van der Waals surface area contributed by atoms with E-state index in [1.54, 1.807) is 0 Å². The van der Waals surface area contributed by atoms with Gasteiger partial charge in [-0.05, 0) is 18.8 Å². The highest BCUT2D eigenvalue weighted by Gasteiger charge is 2.40. The third-order valence-electron chi connectivity index (χ3n) is 3.65. The Balaban J connectivity index is 1.94. The Bertz CT molecular complexity index is 230. The molecule has 3 N–H and O–H groups in total. The minimum Gasteiger partial charge on any atom is -0.388 e. The summed E-state index contributed by atoms with van der Waals surface area (Å²) >= 11 is 0. The first-order chi connectivity index (χ1) is 7.59. The van der Waals surface area contributed by atoms with Crippen LogP contribution in [0.25, 0.3) is 0 Å². The van der Waals surface area contributed by atoms with Crippen LogP contribution in [0.3, 0.4) is 0 Å². The molecule has 0 aromatic carbocycles. The highest BCUT2D eigenvalue weighted by molar-refractivity contribution is 4.88.